The Kier molecular flexibility index (Phi) is 4.97. The number of halogens is 1. The number of amides is 2. The van der Waals surface area contributed by atoms with Crippen LogP contribution in [0, 0.1) is 11.3 Å². The van der Waals surface area contributed by atoms with Gasteiger partial charge in [-0.2, -0.15) is 10.4 Å². The summed E-state index contributed by atoms with van der Waals surface area (Å²) in [5.41, 5.74) is 1.49. The number of fused-ring (bicyclic) bond motifs is 1. The van der Waals surface area contributed by atoms with Crippen LogP contribution in [0.5, 0.6) is 0 Å². The Bertz CT molecular complexity index is 1050. The molecule has 0 radical (unpaired) electrons. The zero-order valence-corrected chi connectivity index (χ0v) is 14.0. The average Bonchev–Trinajstić information content (AvgIpc) is 3.12. The highest BCUT2D eigenvalue weighted by Crippen LogP contribution is 2.21. The predicted octanol–water partition coefficient (Wildman–Crippen LogP) is 2.99. The lowest BCUT2D eigenvalue weighted by Gasteiger charge is -2.05. The summed E-state index contributed by atoms with van der Waals surface area (Å²) in [4.78, 5) is 24.2. The number of imide groups is 1. The number of anilines is 1. The van der Waals surface area contributed by atoms with Crippen LogP contribution in [-0.2, 0) is 4.79 Å². The molecule has 0 unspecified atom stereocenters. The molecule has 0 saturated heterocycles. The average molecular weight is 366 g/mol. The molecule has 0 spiro atoms. The van der Waals surface area contributed by atoms with E-state index in [0.29, 0.717) is 10.7 Å². The van der Waals surface area contributed by atoms with Gasteiger partial charge in [-0.15, -0.1) is 0 Å². The lowest BCUT2D eigenvalue weighted by atomic mass is 10.2. The van der Waals surface area contributed by atoms with Crippen molar-refractivity contribution in [3.63, 3.8) is 0 Å². The van der Waals surface area contributed by atoms with Crippen molar-refractivity contribution in [2.24, 2.45) is 0 Å². The smallest absolute Gasteiger partial charge is 0.270 e. The number of hydrogen-bond acceptors (Lipinski definition) is 5. The van der Waals surface area contributed by atoms with Crippen molar-refractivity contribution in [3.8, 4) is 6.07 Å². The number of nitrogens with zero attached hydrogens (tertiary/aromatic N) is 2. The third kappa shape index (κ3) is 3.71. The zero-order valence-electron chi connectivity index (χ0n) is 13.3. The highest BCUT2D eigenvalue weighted by Gasteiger charge is 2.14. The molecule has 8 heteroatoms. The second-order valence-electron chi connectivity index (χ2n) is 5.24. The van der Waals surface area contributed by atoms with Crippen LogP contribution < -0.4 is 10.6 Å². The van der Waals surface area contributed by atoms with E-state index >= 15 is 0 Å². The molecule has 0 aliphatic rings. The Morgan fingerprint density at radius 2 is 1.96 bits per heavy atom. The Labute approximate surface area is 153 Å². The minimum atomic E-state index is -0.806. The Morgan fingerprint density at radius 1 is 1.19 bits per heavy atom. The largest absolute Gasteiger partial charge is 0.360 e. The van der Waals surface area contributed by atoms with Crippen LogP contribution in [0.2, 0.25) is 5.02 Å². The van der Waals surface area contributed by atoms with E-state index in [9.17, 15) is 14.9 Å². The predicted molar refractivity (Wildman–Crippen MR) is 97.3 cm³/mol. The summed E-state index contributed by atoms with van der Waals surface area (Å²) in [7, 11) is 0. The molecule has 1 aromatic heterocycles. The van der Waals surface area contributed by atoms with Gasteiger partial charge >= 0.3 is 0 Å². The summed E-state index contributed by atoms with van der Waals surface area (Å²) >= 11 is 5.76. The Balaban J connectivity index is 1.73. The maximum Gasteiger partial charge on any atom is 0.270 e. The minimum absolute atomic E-state index is 0.243. The molecule has 0 atom stereocenters. The second kappa shape index (κ2) is 7.51. The van der Waals surface area contributed by atoms with E-state index in [0.717, 1.165) is 10.9 Å². The van der Waals surface area contributed by atoms with Crippen molar-refractivity contribution in [1.29, 1.82) is 5.26 Å². The molecule has 128 valence electrons. The molecule has 0 fully saturated rings. The normalized spacial score (nSPS) is 11.0. The number of aromatic nitrogens is 2. The molecule has 0 bridgehead atoms. The second-order valence-corrected chi connectivity index (χ2v) is 5.68. The Morgan fingerprint density at radius 3 is 2.69 bits per heavy atom. The van der Waals surface area contributed by atoms with Crippen LogP contribution in [0.15, 0.2) is 60.4 Å². The molecule has 0 saturated carbocycles. The topological polar surface area (TPSA) is 111 Å². The SMILES string of the molecule is N#C/C(=C/Nc1cccc2[nH]ncc12)C(=O)NC(=O)c1ccc(Cl)cc1. The number of nitrogens with one attached hydrogen (secondary N) is 3. The highest BCUT2D eigenvalue weighted by atomic mass is 35.5. The van der Waals surface area contributed by atoms with Gasteiger partial charge in [-0.1, -0.05) is 17.7 Å². The molecular formula is C18H12ClN5O2. The molecule has 2 aromatic carbocycles. The molecule has 3 rings (SSSR count). The van der Waals surface area contributed by atoms with E-state index in [-0.39, 0.29) is 11.1 Å². The van der Waals surface area contributed by atoms with Crippen molar-refractivity contribution in [1.82, 2.24) is 15.5 Å². The van der Waals surface area contributed by atoms with E-state index in [1.54, 1.807) is 24.4 Å². The maximum absolute atomic E-state index is 12.2. The lowest BCUT2D eigenvalue weighted by molar-refractivity contribution is -0.116. The first kappa shape index (κ1) is 17.2. The van der Waals surface area contributed by atoms with Gasteiger partial charge in [-0.3, -0.25) is 20.0 Å². The summed E-state index contributed by atoms with van der Waals surface area (Å²) in [6, 6.07) is 13.2. The number of rotatable bonds is 4. The lowest BCUT2D eigenvalue weighted by Crippen LogP contribution is -2.31. The number of carbonyl (C=O) groups is 2. The fraction of sp³-hybridized carbons (Fsp3) is 0. The number of nitriles is 1. The van der Waals surface area contributed by atoms with Crippen LogP contribution >= 0.6 is 11.6 Å². The summed E-state index contributed by atoms with van der Waals surface area (Å²) in [5.74, 6) is -1.43. The van der Waals surface area contributed by atoms with E-state index in [1.807, 2.05) is 6.07 Å². The van der Waals surface area contributed by atoms with E-state index in [1.165, 1.54) is 30.5 Å². The first-order valence-electron chi connectivity index (χ1n) is 7.48. The quantitative estimate of drug-likeness (QED) is 0.486. The maximum atomic E-state index is 12.2. The van der Waals surface area contributed by atoms with Crippen molar-refractivity contribution in [2.45, 2.75) is 0 Å². The monoisotopic (exact) mass is 365 g/mol. The number of carbonyl (C=O) groups excluding carboxylic acids is 2. The van der Waals surface area contributed by atoms with Gasteiger partial charge in [0.15, 0.2) is 0 Å². The van der Waals surface area contributed by atoms with Crippen LogP contribution in [0.3, 0.4) is 0 Å². The van der Waals surface area contributed by atoms with Gasteiger partial charge in [0.1, 0.15) is 11.6 Å². The summed E-state index contributed by atoms with van der Waals surface area (Å²) in [6.07, 6.45) is 2.87. The molecule has 0 aliphatic heterocycles. The van der Waals surface area contributed by atoms with E-state index in [2.05, 4.69) is 20.8 Å². The van der Waals surface area contributed by atoms with E-state index < -0.39 is 11.8 Å². The van der Waals surface area contributed by atoms with Gasteiger partial charge in [0.2, 0.25) is 0 Å². The zero-order chi connectivity index (χ0) is 18.5. The number of H-pyrrole nitrogens is 1. The number of benzene rings is 2. The number of hydrogen-bond donors (Lipinski definition) is 3. The van der Waals surface area contributed by atoms with Crippen LogP contribution in [0.1, 0.15) is 10.4 Å². The van der Waals surface area contributed by atoms with Gasteiger partial charge in [0, 0.05) is 27.9 Å². The molecular weight excluding hydrogens is 354 g/mol. The van der Waals surface area contributed by atoms with Crippen molar-refractivity contribution < 1.29 is 9.59 Å². The molecule has 1 heterocycles. The standard InChI is InChI=1S/C18H12ClN5O2/c19-13-6-4-11(5-7-13)17(25)23-18(26)12(8-20)9-21-15-2-1-3-16-14(15)10-22-24-16/h1-7,9-10,21H,(H,22,24)(H,23,25,26)/b12-9-. The third-order valence-electron chi connectivity index (χ3n) is 3.56. The highest BCUT2D eigenvalue weighted by molar-refractivity contribution is 6.30. The minimum Gasteiger partial charge on any atom is -0.360 e. The van der Waals surface area contributed by atoms with Gasteiger partial charge in [-0.05, 0) is 36.4 Å². The van der Waals surface area contributed by atoms with Crippen LogP contribution in [-0.4, -0.2) is 22.0 Å². The van der Waals surface area contributed by atoms with Crippen LogP contribution in [0.4, 0.5) is 5.69 Å². The van der Waals surface area contributed by atoms with Crippen molar-refractivity contribution in [2.75, 3.05) is 5.32 Å². The fourth-order valence-corrected chi connectivity index (χ4v) is 2.36. The third-order valence-corrected chi connectivity index (χ3v) is 3.81. The first-order valence-corrected chi connectivity index (χ1v) is 7.86. The van der Waals surface area contributed by atoms with Gasteiger partial charge < -0.3 is 5.32 Å². The molecule has 7 nitrogen and oxygen atoms in total. The van der Waals surface area contributed by atoms with E-state index in [4.69, 9.17) is 11.6 Å². The van der Waals surface area contributed by atoms with Crippen molar-refractivity contribution >= 4 is 40.0 Å². The number of aromatic amines is 1. The molecule has 2 amide bonds. The summed E-state index contributed by atoms with van der Waals surface area (Å²) in [5, 5.41) is 22.3. The molecule has 0 aliphatic carbocycles. The summed E-state index contributed by atoms with van der Waals surface area (Å²) < 4.78 is 0. The summed E-state index contributed by atoms with van der Waals surface area (Å²) in [6.45, 7) is 0. The molecule has 3 aromatic rings. The molecule has 3 N–H and O–H groups in total. The van der Waals surface area contributed by atoms with Gasteiger partial charge in [0.25, 0.3) is 11.8 Å². The Hall–Kier alpha value is -3.63. The fourth-order valence-electron chi connectivity index (χ4n) is 2.24. The van der Waals surface area contributed by atoms with Gasteiger partial charge in [-0.25, -0.2) is 0 Å². The first-order chi connectivity index (χ1) is 12.6. The van der Waals surface area contributed by atoms with Gasteiger partial charge in [0.05, 0.1) is 11.7 Å². The molecule has 26 heavy (non-hydrogen) atoms. The van der Waals surface area contributed by atoms with Crippen LogP contribution in [0.25, 0.3) is 10.9 Å². The van der Waals surface area contributed by atoms with Crippen molar-refractivity contribution in [3.05, 3.63) is 71.0 Å².